The van der Waals surface area contributed by atoms with Crippen molar-refractivity contribution in [3.63, 3.8) is 0 Å². The molecule has 0 saturated heterocycles. The van der Waals surface area contributed by atoms with E-state index < -0.39 is 36.2 Å². The Hall–Kier alpha value is -3.59. The molecular weight excluding hydrogens is 409 g/mol. The van der Waals surface area contributed by atoms with E-state index in [0.29, 0.717) is 5.13 Å². The number of nitrogens with zero attached hydrogens (tertiary/aromatic N) is 1. The van der Waals surface area contributed by atoms with E-state index in [1.807, 2.05) is 30.3 Å². The number of carbonyl (C=O) groups excluding carboxylic acids is 3. The zero-order valence-corrected chi connectivity index (χ0v) is 16.7. The minimum Gasteiger partial charge on any atom is -0.451 e. The van der Waals surface area contributed by atoms with Crippen molar-refractivity contribution in [2.24, 2.45) is 0 Å². The van der Waals surface area contributed by atoms with Gasteiger partial charge >= 0.3 is 5.97 Å². The third-order valence-corrected chi connectivity index (χ3v) is 4.75. The van der Waals surface area contributed by atoms with E-state index in [1.54, 1.807) is 5.38 Å². The van der Waals surface area contributed by atoms with E-state index in [0.717, 1.165) is 17.3 Å². The molecule has 9 heteroatoms. The number of esters is 1. The number of halogens is 1. The molecule has 0 spiro atoms. The number of nitrogens with one attached hydrogen (secondary N) is 2. The number of hydrogen-bond acceptors (Lipinski definition) is 6. The molecule has 0 radical (unpaired) electrons. The second kappa shape index (κ2) is 9.75. The van der Waals surface area contributed by atoms with Crippen molar-refractivity contribution in [3.05, 3.63) is 71.4 Å². The number of hydrogen-bond donors (Lipinski definition) is 2. The number of carbonyl (C=O) groups is 3. The fourth-order valence-electron chi connectivity index (χ4n) is 2.47. The lowest BCUT2D eigenvalue weighted by Gasteiger charge is -2.13. The highest BCUT2D eigenvalue weighted by Gasteiger charge is 2.20. The highest BCUT2D eigenvalue weighted by molar-refractivity contribution is 7.14. The fourth-order valence-corrected chi connectivity index (χ4v) is 3.19. The molecule has 2 N–H and O–H groups in total. The summed E-state index contributed by atoms with van der Waals surface area (Å²) in [7, 11) is 0. The maximum Gasteiger partial charge on any atom is 0.326 e. The van der Waals surface area contributed by atoms with Crippen molar-refractivity contribution in [3.8, 4) is 11.3 Å². The lowest BCUT2D eigenvalue weighted by Crippen LogP contribution is -2.36. The third kappa shape index (κ3) is 5.48. The van der Waals surface area contributed by atoms with Crippen molar-refractivity contribution >= 4 is 34.3 Å². The van der Waals surface area contributed by atoms with Crippen LogP contribution in [0, 0.1) is 5.82 Å². The summed E-state index contributed by atoms with van der Waals surface area (Å²) in [6.45, 7) is 0.901. The molecule has 1 aromatic heterocycles. The van der Waals surface area contributed by atoms with Crippen molar-refractivity contribution in [2.75, 3.05) is 11.9 Å². The van der Waals surface area contributed by atoms with Gasteiger partial charge in [0.05, 0.1) is 11.3 Å². The van der Waals surface area contributed by atoms with Crippen molar-refractivity contribution in [1.82, 2.24) is 10.3 Å². The van der Waals surface area contributed by atoms with Crippen LogP contribution >= 0.6 is 11.3 Å². The van der Waals surface area contributed by atoms with Gasteiger partial charge in [0.1, 0.15) is 12.4 Å². The SMILES string of the molecule is C[C@@H](OC(=O)CNC(=O)c1ccccc1F)C(=O)Nc1nc(-c2ccccc2)cs1. The minimum atomic E-state index is -1.10. The summed E-state index contributed by atoms with van der Waals surface area (Å²) >= 11 is 1.25. The summed E-state index contributed by atoms with van der Waals surface area (Å²) in [6.07, 6.45) is -1.10. The van der Waals surface area contributed by atoms with Crippen LogP contribution in [-0.4, -0.2) is 35.4 Å². The Bertz CT molecular complexity index is 1060. The molecule has 2 amide bonds. The standard InChI is InChI=1S/C21H18FN3O4S/c1-13(29-18(26)11-23-20(28)15-9-5-6-10-16(15)22)19(27)25-21-24-17(12-30-21)14-7-3-2-4-8-14/h2-10,12-13H,11H2,1H3,(H,23,28)(H,24,25,27)/t13-/m1/s1. The van der Waals surface area contributed by atoms with Crippen LogP contribution in [0.3, 0.4) is 0 Å². The van der Waals surface area contributed by atoms with Crippen LogP contribution in [0.25, 0.3) is 11.3 Å². The van der Waals surface area contributed by atoms with Gasteiger partial charge in [-0.25, -0.2) is 9.37 Å². The normalized spacial score (nSPS) is 11.4. The predicted molar refractivity (Wildman–Crippen MR) is 110 cm³/mol. The van der Waals surface area contributed by atoms with Gasteiger partial charge in [-0.3, -0.25) is 19.7 Å². The van der Waals surface area contributed by atoms with Gasteiger partial charge in [0, 0.05) is 10.9 Å². The molecule has 0 aliphatic heterocycles. The first kappa shape index (κ1) is 21.1. The molecule has 0 fully saturated rings. The molecule has 0 bridgehead atoms. The summed E-state index contributed by atoms with van der Waals surface area (Å²) in [5.74, 6) is -2.84. The van der Waals surface area contributed by atoms with E-state index in [-0.39, 0.29) is 5.56 Å². The Balaban J connectivity index is 1.48. The Labute approximate surface area is 175 Å². The predicted octanol–water partition coefficient (Wildman–Crippen LogP) is 3.25. The minimum absolute atomic E-state index is 0.186. The molecule has 3 rings (SSSR count). The maximum atomic E-state index is 13.6. The Morgan fingerprint density at radius 1 is 1.10 bits per heavy atom. The molecule has 30 heavy (non-hydrogen) atoms. The molecule has 0 aliphatic carbocycles. The first-order valence-electron chi connectivity index (χ1n) is 8.98. The lowest BCUT2D eigenvalue weighted by molar-refractivity contribution is -0.152. The summed E-state index contributed by atoms with van der Waals surface area (Å²) in [6, 6.07) is 14.9. The van der Waals surface area contributed by atoms with Gasteiger partial charge in [-0.15, -0.1) is 11.3 Å². The second-order valence-corrected chi connectivity index (χ2v) is 7.05. The van der Waals surface area contributed by atoms with Gasteiger partial charge in [0.25, 0.3) is 11.8 Å². The first-order chi connectivity index (χ1) is 14.4. The number of ether oxygens (including phenoxy) is 1. The molecule has 1 atom stereocenters. The molecule has 0 saturated carbocycles. The molecule has 0 aliphatic rings. The lowest BCUT2D eigenvalue weighted by atomic mass is 10.2. The Morgan fingerprint density at radius 2 is 1.80 bits per heavy atom. The molecule has 3 aromatic rings. The average molecular weight is 427 g/mol. The summed E-state index contributed by atoms with van der Waals surface area (Å²) in [5.41, 5.74) is 1.45. The molecule has 7 nitrogen and oxygen atoms in total. The van der Waals surface area contributed by atoms with Crippen LogP contribution in [0.1, 0.15) is 17.3 Å². The van der Waals surface area contributed by atoms with Crippen LogP contribution in [0.15, 0.2) is 60.0 Å². The molecule has 1 heterocycles. The number of anilines is 1. The topological polar surface area (TPSA) is 97.4 Å². The van der Waals surface area contributed by atoms with Crippen LogP contribution in [0.4, 0.5) is 9.52 Å². The number of thiazole rings is 1. The average Bonchev–Trinajstić information content (AvgIpc) is 3.21. The monoisotopic (exact) mass is 427 g/mol. The zero-order valence-electron chi connectivity index (χ0n) is 15.9. The first-order valence-corrected chi connectivity index (χ1v) is 9.86. The van der Waals surface area contributed by atoms with Gasteiger partial charge in [-0.1, -0.05) is 42.5 Å². The third-order valence-electron chi connectivity index (χ3n) is 3.99. The molecule has 0 unspecified atom stereocenters. The van der Waals surface area contributed by atoms with Gasteiger partial charge in [-0.05, 0) is 19.1 Å². The van der Waals surface area contributed by atoms with E-state index in [1.165, 1.54) is 36.5 Å². The van der Waals surface area contributed by atoms with Gasteiger partial charge in [0.2, 0.25) is 0 Å². The van der Waals surface area contributed by atoms with Crippen LogP contribution < -0.4 is 10.6 Å². The Morgan fingerprint density at radius 3 is 2.53 bits per heavy atom. The molecule has 154 valence electrons. The second-order valence-electron chi connectivity index (χ2n) is 6.19. The van der Waals surface area contributed by atoms with E-state index in [2.05, 4.69) is 15.6 Å². The quantitative estimate of drug-likeness (QED) is 0.564. The van der Waals surface area contributed by atoms with Crippen molar-refractivity contribution in [2.45, 2.75) is 13.0 Å². The van der Waals surface area contributed by atoms with Crippen LogP contribution in [0.5, 0.6) is 0 Å². The highest BCUT2D eigenvalue weighted by atomic mass is 32.1. The Kier molecular flexibility index (Phi) is 6.87. The number of benzene rings is 2. The zero-order chi connectivity index (χ0) is 21.5. The molecular formula is C21H18FN3O4S. The number of amides is 2. The summed E-state index contributed by atoms with van der Waals surface area (Å²) in [4.78, 5) is 40.4. The molecule has 2 aromatic carbocycles. The van der Waals surface area contributed by atoms with Crippen molar-refractivity contribution < 1.29 is 23.5 Å². The van der Waals surface area contributed by atoms with Crippen LogP contribution in [-0.2, 0) is 14.3 Å². The number of rotatable bonds is 7. The van der Waals surface area contributed by atoms with E-state index >= 15 is 0 Å². The summed E-state index contributed by atoms with van der Waals surface area (Å²) in [5, 5.41) is 7.02. The van der Waals surface area contributed by atoms with Crippen LogP contribution in [0.2, 0.25) is 0 Å². The summed E-state index contributed by atoms with van der Waals surface area (Å²) < 4.78 is 18.6. The largest absolute Gasteiger partial charge is 0.451 e. The van der Waals surface area contributed by atoms with E-state index in [9.17, 15) is 18.8 Å². The number of aromatic nitrogens is 1. The maximum absolute atomic E-state index is 13.6. The fraction of sp³-hybridized carbons (Fsp3) is 0.143. The van der Waals surface area contributed by atoms with E-state index in [4.69, 9.17) is 4.74 Å². The van der Waals surface area contributed by atoms with Gasteiger partial charge < -0.3 is 10.1 Å². The van der Waals surface area contributed by atoms with Gasteiger partial charge in [0.15, 0.2) is 11.2 Å². The van der Waals surface area contributed by atoms with Gasteiger partial charge in [-0.2, -0.15) is 0 Å². The highest BCUT2D eigenvalue weighted by Crippen LogP contribution is 2.24. The smallest absolute Gasteiger partial charge is 0.326 e. The van der Waals surface area contributed by atoms with Crippen molar-refractivity contribution in [1.29, 1.82) is 0 Å².